The second kappa shape index (κ2) is 7.06. The Hall–Kier alpha value is -2.99. The van der Waals surface area contributed by atoms with Gasteiger partial charge in [-0.05, 0) is 54.1 Å². The summed E-state index contributed by atoms with van der Waals surface area (Å²) in [6.07, 6.45) is 2.91. The van der Waals surface area contributed by atoms with Gasteiger partial charge in [0, 0.05) is 6.20 Å². The molecule has 0 bridgehead atoms. The number of ether oxygens (including phenoxy) is 2. The quantitative estimate of drug-likeness (QED) is 0.743. The molecule has 6 nitrogen and oxygen atoms in total. The molecule has 24 heavy (non-hydrogen) atoms. The topological polar surface area (TPSA) is 73.6 Å². The summed E-state index contributed by atoms with van der Waals surface area (Å²) in [4.78, 5) is 16.4. The van der Waals surface area contributed by atoms with E-state index in [-0.39, 0.29) is 16.7 Å². The zero-order valence-corrected chi connectivity index (χ0v) is 13.4. The first kappa shape index (κ1) is 15.9. The van der Waals surface area contributed by atoms with E-state index in [1.54, 1.807) is 49.7 Å². The van der Waals surface area contributed by atoms with E-state index in [2.05, 4.69) is 10.3 Å². The molecule has 0 aliphatic heterocycles. The number of amides is 1. The number of nitrogens with zero attached hydrogens (tertiary/aromatic N) is 1. The fraction of sp³-hybridized carbons (Fsp3) is 0.0588. The third-order valence-corrected chi connectivity index (χ3v) is 3.45. The van der Waals surface area contributed by atoms with Crippen LogP contribution in [0.3, 0.4) is 0 Å². The lowest BCUT2D eigenvalue weighted by Crippen LogP contribution is -2.12. The van der Waals surface area contributed by atoms with Crippen molar-refractivity contribution in [3.63, 3.8) is 0 Å². The molecule has 0 unspecified atom stereocenters. The van der Waals surface area contributed by atoms with Gasteiger partial charge in [0.25, 0.3) is 5.91 Å². The molecule has 0 aliphatic carbocycles. The van der Waals surface area contributed by atoms with Gasteiger partial charge in [0.05, 0.1) is 18.9 Å². The van der Waals surface area contributed by atoms with E-state index >= 15 is 0 Å². The maximum absolute atomic E-state index is 12.2. The molecule has 1 N–H and O–H groups in total. The Morgan fingerprint density at radius 3 is 2.58 bits per heavy atom. The summed E-state index contributed by atoms with van der Waals surface area (Å²) >= 11 is 5.81. The second-order valence-corrected chi connectivity index (χ2v) is 5.04. The average Bonchev–Trinajstić information content (AvgIpc) is 3.03. The fourth-order valence-electron chi connectivity index (χ4n) is 1.97. The number of hydrogen-bond donors (Lipinski definition) is 1. The molecular formula is C17H13ClN2O4. The highest BCUT2D eigenvalue weighted by Crippen LogP contribution is 2.29. The molecule has 0 atom stereocenters. The third kappa shape index (κ3) is 3.49. The lowest BCUT2D eigenvalue weighted by molar-refractivity contribution is 0.102. The number of carbonyl (C=O) groups excluding carboxylic acids is 1. The smallest absolute Gasteiger partial charge is 0.260 e. The molecule has 0 saturated heterocycles. The highest BCUT2D eigenvalue weighted by molar-refractivity contribution is 6.32. The number of aromatic nitrogens is 1. The number of benzene rings is 1. The van der Waals surface area contributed by atoms with Crippen LogP contribution in [0.1, 0.15) is 10.4 Å². The molecular weight excluding hydrogens is 332 g/mol. The first-order valence-corrected chi connectivity index (χ1v) is 7.36. The van der Waals surface area contributed by atoms with Crippen LogP contribution < -0.4 is 14.8 Å². The summed E-state index contributed by atoms with van der Waals surface area (Å²) in [5.41, 5.74) is 0.645. The molecule has 3 rings (SSSR count). The van der Waals surface area contributed by atoms with Gasteiger partial charge in [-0.25, -0.2) is 4.98 Å². The monoisotopic (exact) mass is 344 g/mol. The normalized spacial score (nSPS) is 10.2. The molecule has 0 aliphatic rings. The number of furan rings is 1. The van der Waals surface area contributed by atoms with Crippen LogP contribution in [-0.4, -0.2) is 18.0 Å². The van der Waals surface area contributed by atoms with Gasteiger partial charge in [-0.2, -0.15) is 0 Å². The molecule has 122 valence electrons. The SMILES string of the molecule is COc1ccc(Oc2ncccc2NC(=O)c2ccoc2Cl)cc1. The highest BCUT2D eigenvalue weighted by atomic mass is 35.5. The van der Waals surface area contributed by atoms with E-state index in [4.69, 9.17) is 25.5 Å². The van der Waals surface area contributed by atoms with Gasteiger partial charge < -0.3 is 19.2 Å². The van der Waals surface area contributed by atoms with Crippen LogP contribution in [-0.2, 0) is 0 Å². The number of halogens is 1. The summed E-state index contributed by atoms with van der Waals surface area (Å²) < 4.78 is 15.7. The summed E-state index contributed by atoms with van der Waals surface area (Å²) in [5.74, 6) is 1.12. The van der Waals surface area contributed by atoms with Gasteiger partial charge in [0.1, 0.15) is 17.2 Å². The van der Waals surface area contributed by atoms with Crippen molar-refractivity contribution in [1.29, 1.82) is 0 Å². The van der Waals surface area contributed by atoms with Gasteiger partial charge >= 0.3 is 0 Å². The van der Waals surface area contributed by atoms with Crippen LogP contribution >= 0.6 is 11.6 Å². The summed E-state index contributed by atoms with van der Waals surface area (Å²) in [5, 5.41) is 2.72. The summed E-state index contributed by atoms with van der Waals surface area (Å²) in [6, 6.07) is 11.9. The molecule has 0 fully saturated rings. The number of methoxy groups -OCH3 is 1. The van der Waals surface area contributed by atoms with Crippen molar-refractivity contribution < 1.29 is 18.7 Å². The van der Waals surface area contributed by atoms with E-state index in [9.17, 15) is 4.79 Å². The van der Waals surface area contributed by atoms with E-state index in [1.807, 2.05) is 0 Å². The number of carbonyl (C=O) groups is 1. The predicted octanol–water partition coefficient (Wildman–Crippen LogP) is 4.38. The zero-order chi connectivity index (χ0) is 16.9. The Morgan fingerprint density at radius 1 is 1.17 bits per heavy atom. The van der Waals surface area contributed by atoms with E-state index in [0.717, 1.165) is 0 Å². The van der Waals surface area contributed by atoms with Gasteiger partial charge in [-0.3, -0.25) is 4.79 Å². The van der Waals surface area contributed by atoms with Crippen molar-refractivity contribution in [2.75, 3.05) is 12.4 Å². The number of nitrogens with one attached hydrogen (secondary N) is 1. The first-order valence-electron chi connectivity index (χ1n) is 6.98. The van der Waals surface area contributed by atoms with Gasteiger partial charge in [-0.1, -0.05) is 0 Å². The lowest BCUT2D eigenvalue weighted by Gasteiger charge is -2.11. The van der Waals surface area contributed by atoms with Crippen LogP contribution in [0.25, 0.3) is 0 Å². The molecule has 0 saturated carbocycles. The first-order chi connectivity index (χ1) is 11.7. The molecule has 1 aromatic carbocycles. The van der Waals surface area contributed by atoms with Crippen LogP contribution in [0.4, 0.5) is 5.69 Å². The van der Waals surface area contributed by atoms with Crippen molar-refractivity contribution in [1.82, 2.24) is 4.98 Å². The van der Waals surface area contributed by atoms with E-state index < -0.39 is 5.91 Å². The van der Waals surface area contributed by atoms with E-state index in [1.165, 1.54) is 12.3 Å². The minimum absolute atomic E-state index is 0.0222. The summed E-state index contributed by atoms with van der Waals surface area (Å²) in [6.45, 7) is 0. The molecule has 1 amide bonds. The number of rotatable bonds is 5. The van der Waals surface area contributed by atoms with Gasteiger partial charge in [0.2, 0.25) is 11.1 Å². The average molecular weight is 345 g/mol. The molecule has 7 heteroatoms. The standard InChI is InChI=1S/C17H13ClN2O4/c1-22-11-4-6-12(7-5-11)24-17-14(3-2-9-19-17)20-16(21)13-8-10-23-15(13)18/h2-10H,1H3,(H,20,21). The molecule has 2 aromatic heterocycles. The van der Waals surface area contributed by atoms with Crippen molar-refractivity contribution in [3.05, 3.63) is 65.7 Å². The molecule has 0 radical (unpaired) electrons. The fourth-order valence-corrected chi connectivity index (χ4v) is 2.17. The molecule has 0 spiro atoms. The van der Waals surface area contributed by atoms with Crippen LogP contribution in [0.5, 0.6) is 17.4 Å². The Labute approximate surface area is 143 Å². The van der Waals surface area contributed by atoms with Crippen LogP contribution in [0.2, 0.25) is 5.22 Å². The van der Waals surface area contributed by atoms with Crippen molar-refractivity contribution in [3.8, 4) is 17.4 Å². The van der Waals surface area contributed by atoms with Gasteiger partial charge in [0.15, 0.2) is 0 Å². The Kier molecular flexibility index (Phi) is 4.67. The third-order valence-electron chi connectivity index (χ3n) is 3.16. The maximum atomic E-state index is 12.2. The highest BCUT2D eigenvalue weighted by Gasteiger charge is 2.16. The van der Waals surface area contributed by atoms with Crippen molar-refractivity contribution in [2.45, 2.75) is 0 Å². The zero-order valence-electron chi connectivity index (χ0n) is 12.7. The summed E-state index contributed by atoms with van der Waals surface area (Å²) in [7, 11) is 1.59. The Morgan fingerprint density at radius 2 is 1.92 bits per heavy atom. The predicted molar refractivity (Wildman–Crippen MR) is 89.0 cm³/mol. The number of hydrogen-bond acceptors (Lipinski definition) is 5. The Bertz CT molecular complexity index is 846. The minimum atomic E-state index is -0.415. The van der Waals surface area contributed by atoms with Crippen LogP contribution in [0, 0.1) is 0 Å². The second-order valence-electron chi connectivity index (χ2n) is 4.70. The van der Waals surface area contributed by atoms with Crippen molar-refractivity contribution in [2.24, 2.45) is 0 Å². The van der Waals surface area contributed by atoms with Crippen molar-refractivity contribution >= 4 is 23.2 Å². The Balaban J connectivity index is 1.80. The number of pyridine rings is 1. The maximum Gasteiger partial charge on any atom is 0.260 e. The lowest BCUT2D eigenvalue weighted by atomic mass is 10.3. The largest absolute Gasteiger partial charge is 0.497 e. The molecule has 2 heterocycles. The van der Waals surface area contributed by atoms with Crippen LogP contribution in [0.15, 0.2) is 59.3 Å². The number of anilines is 1. The van der Waals surface area contributed by atoms with Gasteiger partial charge in [-0.15, -0.1) is 0 Å². The minimum Gasteiger partial charge on any atom is -0.497 e. The van der Waals surface area contributed by atoms with E-state index in [0.29, 0.717) is 17.2 Å². The molecule has 3 aromatic rings.